The van der Waals surface area contributed by atoms with E-state index in [2.05, 4.69) is 6.58 Å². The summed E-state index contributed by atoms with van der Waals surface area (Å²) < 4.78 is 15.6. The molecule has 0 saturated carbocycles. The molecule has 0 radical (unpaired) electrons. The van der Waals surface area contributed by atoms with Crippen LogP contribution in [-0.2, 0) is 25.0 Å². The SMILES string of the molecule is C=CC(=O)OCc1ccccc1[SiH](OC)OC. The Morgan fingerprint density at radius 3 is 2.59 bits per heavy atom. The van der Waals surface area contributed by atoms with Crippen LogP contribution in [0.3, 0.4) is 0 Å². The number of benzene rings is 1. The highest BCUT2D eigenvalue weighted by Crippen LogP contribution is 2.02. The van der Waals surface area contributed by atoms with Gasteiger partial charge in [-0.1, -0.05) is 30.8 Å². The fourth-order valence-electron chi connectivity index (χ4n) is 1.45. The van der Waals surface area contributed by atoms with E-state index in [0.717, 1.165) is 16.8 Å². The fraction of sp³-hybridized carbons (Fsp3) is 0.250. The van der Waals surface area contributed by atoms with Crippen LogP contribution in [-0.4, -0.2) is 29.5 Å². The van der Waals surface area contributed by atoms with E-state index in [4.69, 9.17) is 13.6 Å². The molecule has 0 atom stereocenters. The molecule has 0 saturated heterocycles. The Balaban J connectivity index is 2.83. The van der Waals surface area contributed by atoms with Crippen molar-refractivity contribution in [1.82, 2.24) is 0 Å². The molecule has 0 fully saturated rings. The van der Waals surface area contributed by atoms with Gasteiger partial charge in [-0.3, -0.25) is 0 Å². The second kappa shape index (κ2) is 7.00. The highest BCUT2D eigenvalue weighted by molar-refractivity contribution is 6.61. The van der Waals surface area contributed by atoms with Gasteiger partial charge < -0.3 is 13.6 Å². The van der Waals surface area contributed by atoms with Crippen molar-refractivity contribution >= 4 is 20.4 Å². The molecule has 4 nitrogen and oxygen atoms in total. The molecule has 0 N–H and O–H groups in total. The summed E-state index contributed by atoms with van der Waals surface area (Å²) in [4.78, 5) is 11.0. The third kappa shape index (κ3) is 3.81. The Morgan fingerprint density at radius 1 is 1.35 bits per heavy atom. The molecule has 0 aliphatic rings. The number of hydrogen-bond acceptors (Lipinski definition) is 4. The lowest BCUT2D eigenvalue weighted by Crippen LogP contribution is -2.37. The summed E-state index contributed by atoms with van der Waals surface area (Å²) in [5, 5.41) is 0.981. The lowest BCUT2D eigenvalue weighted by Gasteiger charge is -2.15. The van der Waals surface area contributed by atoms with Crippen molar-refractivity contribution in [2.75, 3.05) is 14.2 Å². The number of esters is 1. The average molecular weight is 252 g/mol. The number of hydrogen-bond donors (Lipinski definition) is 0. The van der Waals surface area contributed by atoms with Gasteiger partial charge >= 0.3 is 15.3 Å². The van der Waals surface area contributed by atoms with E-state index in [1.54, 1.807) is 14.2 Å². The Morgan fingerprint density at radius 2 is 2.00 bits per heavy atom. The van der Waals surface area contributed by atoms with E-state index in [1.165, 1.54) is 0 Å². The minimum Gasteiger partial charge on any atom is -0.458 e. The summed E-state index contributed by atoms with van der Waals surface area (Å²) in [6.45, 7) is 3.55. The summed E-state index contributed by atoms with van der Waals surface area (Å²) in [5.41, 5.74) is 0.906. The van der Waals surface area contributed by atoms with Gasteiger partial charge in [0, 0.05) is 20.3 Å². The monoisotopic (exact) mass is 252 g/mol. The van der Waals surface area contributed by atoms with E-state index in [-0.39, 0.29) is 6.61 Å². The molecule has 5 heteroatoms. The summed E-state index contributed by atoms with van der Waals surface area (Å²) in [7, 11) is 1.36. The van der Waals surface area contributed by atoms with Crippen LogP contribution in [0.2, 0.25) is 0 Å². The molecule has 1 aromatic carbocycles. The molecule has 17 heavy (non-hydrogen) atoms. The number of ether oxygens (including phenoxy) is 1. The van der Waals surface area contributed by atoms with E-state index < -0.39 is 15.3 Å². The van der Waals surface area contributed by atoms with Crippen molar-refractivity contribution in [1.29, 1.82) is 0 Å². The molecular formula is C12H16O4Si. The molecule has 0 aromatic heterocycles. The summed E-state index contributed by atoms with van der Waals surface area (Å²) >= 11 is 0. The Kier molecular flexibility index (Phi) is 5.62. The van der Waals surface area contributed by atoms with Gasteiger partial charge in [-0.2, -0.15) is 0 Å². The summed E-state index contributed by atoms with van der Waals surface area (Å²) in [6.07, 6.45) is 1.14. The average Bonchev–Trinajstić information content (AvgIpc) is 2.38. The maximum absolute atomic E-state index is 11.0. The first-order valence-corrected chi connectivity index (χ1v) is 6.67. The lowest BCUT2D eigenvalue weighted by molar-refractivity contribution is -0.138. The normalized spacial score (nSPS) is 10.3. The lowest BCUT2D eigenvalue weighted by atomic mass is 10.2. The van der Waals surface area contributed by atoms with Crippen molar-refractivity contribution in [2.45, 2.75) is 6.61 Å². The zero-order chi connectivity index (χ0) is 12.7. The smallest absolute Gasteiger partial charge is 0.355 e. The molecular weight excluding hydrogens is 236 g/mol. The predicted molar refractivity (Wildman–Crippen MR) is 67.2 cm³/mol. The molecule has 0 bridgehead atoms. The number of carbonyl (C=O) groups is 1. The highest BCUT2D eigenvalue weighted by Gasteiger charge is 2.17. The topological polar surface area (TPSA) is 44.8 Å². The second-order valence-corrected chi connectivity index (χ2v) is 5.54. The standard InChI is InChI=1S/C12H16O4Si/c1-4-12(13)16-9-10-7-5-6-8-11(10)17(14-2)15-3/h4-8,17H,1,9H2,2-3H3. The van der Waals surface area contributed by atoms with Crippen LogP contribution in [0.25, 0.3) is 0 Å². The molecule has 0 heterocycles. The van der Waals surface area contributed by atoms with Crippen LogP contribution >= 0.6 is 0 Å². The number of rotatable bonds is 6. The van der Waals surface area contributed by atoms with Gasteiger partial charge in [0.2, 0.25) is 0 Å². The summed E-state index contributed by atoms with van der Waals surface area (Å²) in [5.74, 6) is -0.437. The van der Waals surface area contributed by atoms with Crippen molar-refractivity contribution < 1.29 is 18.4 Å². The van der Waals surface area contributed by atoms with E-state index >= 15 is 0 Å². The van der Waals surface area contributed by atoms with Gasteiger partial charge in [-0.15, -0.1) is 0 Å². The molecule has 1 rings (SSSR count). The van der Waals surface area contributed by atoms with Gasteiger partial charge in [0.25, 0.3) is 0 Å². The van der Waals surface area contributed by atoms with Gasteiger partial charge in [-0.05, 0) is 10.8 Å². The molecule has 0 aliphatic heterocycles. The Bertz CT molecular complexity index is 388. The molecule has 92 valence electrons. The van der Waals surface area contributed by atoms with Crippen molar-refractivity contribution in [3.8, 4) is 0 Å². The quantitative estimate of drug-likeness (QED) is 0.423. The van der Waals surface area contributed by atoms with Crippen LogP contribution in [0.5, 0.6) is 0 Å². The first kappa shape index (κ1) is 13.6. The Labute approximate surface area is 103 Å². The van der Waals surface area contributed by atoms with Crippen molar-refractivity contribution in [3.63, 3.8) is 0 Å². The largest absolute Gasteiger partial charge is 0.458 e. The minimum absolute atomic E-state index is 0.206. The van der Waals surface area contributed by atoms with Crippen molar-refractivity contribution in [2.24, 2.45) is 0 Å². The first-order valence-electron chi connectivity index (χ1n) is 5.15. The van der Waals surface area contributed by atoms with Crippen LogP contribution < -0.4 is 5.19 Å². The first-order chi connectivity index (χ1) is 8.22. The van der Waals surface area contributed by atoms with Crippen LogP contribution in [0.1, 0.15) is 5.56 Å². The maximum atomic E-state index is 11.0. The highest BCUT2D eigenvalue weighted by atomic mass is 28.3. The third-order valence-corrected chi connectivity index (χ3v) is 4.20. The number of carbonyl (C=O) groups excluding carboxylic acids is 1. The summed E-state index contributed by atoms with van der Waals surface area (Å²) in [6, 6.07) is 7.62. The predicted octanol–water partition coefficient (Wildman–Crippen LogP) is 0.636. The molecule has 1 aromatic rings. The van der Waals surface area contributed by atoms with Crippen molar-refractivity contribution in [3.05, 3.63) is 42.5 Å². The maximum Gasteiger partial charge on any atom is 0.355 e. The zero-order valence-electron chi connectivity index (χ0n) is 10.0. The van der Waals surface area contributed by atoms with Gasteiger partial charge in [0.1, 0.15) is 6.61 Å². The Hall–Kier alpha value is -1.43. The molecule has 0 aliphatic carbocycles. The van der Waals surface area contributed by atoms with Gasteiger partial charge in [-0.25, -0.2) is 4.79 Å². The second-order valence-electron chi connectivity index (χ2n) is 3.31. The van der Waals surface area contributed by atoms with E-state index in [1.807, 2.05) is 24.3 Å². The van der Waals surface area contributed by atoms with Gasteiger partial charge in [0.15, 0.2) is 0 Å². The molecule has 0 amide bonds. The van der Waals surface area contributed by atoms with E-state index in [9.17, 15) is 4.79 Å². The minimum atomic E-state index is -1.88. The van der Waals surface area contributed by atoms with Crippen LogP contribution in [0.4, 0.5) is 0 Å². The fourth-order valence-corrected chi connectivity index (χ4v) is 2.90. The zero-order valence-corrected chi connectivity index (χ0v) is 11.2. The molecule has 0 unspecified atom stereocenters. The molecule has 0 spiro atoms. The van der Waals surface area contributed by atoms with Crippen LogP contribution in [0, 0.1) is 0 Å². The van der Waals surface area contributed by atoms with E-state index in [0.29, 0.717) is 0 Å². The third-order valence-electron chi connectivity index (χ3n) is 2.27. The van der Waals surface area contributed by atoms with Crippen LogP contribution in [0.15, 0.2) is 36.9 Å². The van der Waals surface area contributed by atoms with Gasteiger partial charge in [0.05, 0.1) is 0 Å².